The minimum absolute atomic E-state index is 0.0710. The molecule has 0 saturated carbocycles. The fourth-order valence-electron chi connectivity index (χ4n) is 3.58. The predicted molar refractivity (Wildman–Crippen MR) is 116 cm³/mol. The van der Waals surface area contributed by atoms with Gasteiger partial charge in [0, 0.05) is 44.5 Å². The van der Waals surface area contributed by atoms with Crippen molar-refractivity contribution < 1.29 is 33.7 Å². The lowest BCUT2D eigenvalue weighted by Crippen LogP contribution is -2.50. The summed E-state index contributed by atoms with van der Waals surface area (Å²) in [6.45, 7) is 4.15. The third-order valence-corrected chi connectivity index (χ3v) is 5.23. The monoisotopic (exact) mass is 452 g/mol. The summed E-state index contributed by atoms with van der Waals surface area (Å²) in [5.41, 5.74) is 7.47. The number of nitrogen functional groups attached to an aromatic ring is 1. The van der Waals surface area contributed by atoms with E-state index in [1.54, 1.807) is 0 Å². The zero-order valence-corrected chi connectivity index (χ0v) is 18.1. The van der Waals surface area contributed by atoms with Gasteiger partial charge in [-0.05, 0) is 24.1 Å². The molecule has 1 unspecified atom stereocenters. The quantitative estimate of drug-likeness (QED) is 0.350. The highest BCUT2D eigenvalue weighted by atomic mass is 16.5. The number of aliphatic carboxylic acids is 1. The Morgan fingerprint density at radius 1 is 1.03 bits per heavy atom. The Labute approximate surface area is 187 Å². The van der Waals surface area contributed by atoms with Gasteiger partial charge in [0.05, 0.1) is 19.8 Å². The van der Waals surface area contributed by atoms with Crippen molar-refractivity contribution in [1.82, 2.24) is 14.7 Å². The molecule has 0 aliphatic carbocycles. The molecule has 11 heteroatoms. The van der Waals surface area contributed by atoms with E-state index < -0.39 is 5.97 Å². The summed E-state index contributed by atoms with van der Waals surface area (Å²) in [5.74, 6) is -0.924. The van der Waals surface area contributed by atoms with E-state index >= 15 is 0 Å². The number of carboxylic acid groups (broad SMARTS) is 1. The van der Waals surface area contributed by atoms with Gasteiger partial charge >= 0.3 is 5.97 Å². The molecule has 1 atom stereocenters. The van der Waals surface area contributed by atoms with Crippen LogP contribution < -0.4 is 5.73 Å². The van der Waals surface area contributed by atoms with E-state index in [-0.39, 0.29) is 26.0 Å². The molecule has 2 rings (SSSR count). The largest absolute Gasteiger partial charge is 0.480 e. The fourth-order valence-corrected chi connectivity index (χ4v) is 3.58. The van der Waals surface area contributed by atoms with Gasteiger partial charge in [-0.15, -0.1) is 0 Å². The molecule has 3 N–H and O–H groups in total. The van der Waals surface area contributed by atoms with Crippen LogP contribution in [0.2, 0.25) is 0 Å². The summed E-state index contributed by atoms with van der Waals surface area (Å²) >= 11 is 0. The van der Waals surface area contributed by atoms with Gasteiger partial charge in [0.25, 0.3) is 12.9 Å². The number of hydrogen-bond donors (Lipinski definition) is 2. The standard InChI is InChI=1S/C21H32N4O7/c22-19-3-1-18(2-4-19)11-20-12-24(15-32-17-27)6-5-23(14-31-16-26)7-9-30-10-8-25(20)13-21(28)29/h1-4,16-17,20H,5-15,22H2,(H,28,29). The van der Waals surface area contributed by atoms with Gasteiger partial charge in [0.1, 0.15) is 13.5 Å². The van der Waals surface area contributed by atoms with Crippen molar-refractivity contribution in [1.29, 1.82) is 0 Å². The van der Waals surface area contributed by atoms with Crippen molar-refractivity contribution in [3.8, 4) is 0 Å². The first kappa shape index (κ1) is 25.5. The number of benzene rings is 1. The molecule has 0 amide bonds. The Hall–Kier alpha value is -2.73. The van der Waals surface area contributed by atoms with E-state index in [0.717, 1.165) is 5.56 Å². The lowest BCUT2D eigenvalue weighted by Gasteiger charge is -2.36. The Morgan fingerprint density at radius 2 is 1.66 bits per heavy atom. The second kappa shape index (κ2) is 14.4. The first-order chi connectivity index (χ1) is 15.5. The summed E-state index contributed by atoms with van der Waals surface area (Å²) in [4.78, 5) is 38.7. The third kappa shape index (κ3) is 9.60. The van der Waals surface area contributed by atoms with Gasteiger partial charge in [-0.2, -0.15) is 0 Å². The Kier molecular flexibility index (Phi) is 11.5. The van der Waals surface area contributed by atoms with Crippen LogP contribution in [0.3, 0.4) is 0 Å². The molecule has 1 heterocycles. The number of rotatable bonds is 10. The van der Waals surface area contributed by atoms with Gasteiger partial charge in [-0.3, -0.25) is 29.1 Å². The maximum absolute atomic E-state index is 11.5. The van der Waals surface area contributed by atoms with Gasteiger partial charge < -0.3 is 25.1 Å². The van der Waals surface area contributed by atoms with Crippen molar-refractivity contribution in [2.75, 3.05) is 71.7 Å². The zero-order chi connectivity index (χ0) is 23.2. The van der Waals surface area contributed by atoms with Crippen LogP contribution in [0.4, 0.5) is 5.69 Å². The summed E-state index contributed by atoms with van der Waals surface area (Å²) in [6, 6.07) is 7.30. The Balaban J connectivity index is 2.22. The van der Waals surface area contributed by atoms with E-state index in [2.05, 4.69) is 0 Å². The van der Waals surface area contributed by atoms with Crippen LogP contribution in [0.5, 0.6) is 0 Å². The number of ether oxygens (including phenoxy) is 3. The topological polar surface area (TPSA) is 135 Å². The van der Waals surface area contributed by atoms with Crippen LogP contribution in [0.1, 0.15) is 5.56 Å². The average molecular weight is 453 g/mol. The van der Waals surface area contributed by atoms with E-state index in [4.69, 9.17) is 19.9 Å². The third-order valence-electron chi connectivity index (χ3n) is 5.23. The summed E-state index contributed by atoms with van der Waals surface area (Å²) in [5, 5.41) is 9.47. The highest BCUT2D eigenvalue weighted by molar-refractivity contribution is 5.69. The molecular weight excluding hydrogens is 420 g/mol. The smallest absolute Gasteiger partial charge is 0.317 e. The lowest BCUT2D eigenvalue weighted by molar-refractivity contribution is -0.140. The molecule has 1 aliphatic rings. The van der Waals surface area contributed by atoms with Crippen LogP contribution in [-0.2, 0) is 35.0 Å². The van der Waals surface area contributed by atoms with Crippen LogP contribution >= 0.6 is 0 Å². The second-order valence-electron chi connectivity index (χ2n) is 7.56. The number of anilines is 1. The molecule has 32 heavy (non-hydrogen) atoms. The van der Waals surface area contributed by atoms with Crippen molar-refractivity contribution in [3.63, 3.8) is 0 Å². The zero-order valence-electron chi connectivity index (χ0n) is 18.1. The molecule has 0 bridgehead atoms. The van der Waals surface area contributed by atoms with Gasteiger partial charge in [0.15, 0.2) is 0 Å². The number of nitrogens with zero attached hydrogens (tertiary/aromatic N) is 3. The highest BCUT2D eigenvalue weighted by Gasteiger charge is 2.25. The molecule has 1 saturated heterocycles. The maximum atomic E-state index is 11.5. The molecule has 1 aromatic rings. The first-order valence-corrected chi connectivity index (χ1v) is 10.4. The Bertz CT molecular complexity index is 704. The fraction of sp³-hybridized carbons (Fsp3) is 0.571. The number of carbonyl (C=O) groups excluding carboxylic acids is 2. The molecule has 1 aromatic carbocycles. The van der Waals surface area contributed by atoms with Crippen LogP contribution in [0.15, 0.2) is 24.3 Å². The van der Waals surface area contributed by atoms with Crippen molar-refractivity contribution in [2.24, 2.45) is 0 Å². The van der Waals surface area contributed by atoms with Gasteiger partial charge in [-0.25, -0.2) is 0 Å². The van der Waals surface area contributed by atoms with E-state index in [1.165, 1.54) is 0 Å². The summed E-state index contributed by atoms with van der Waals surface area (Å²) in [6.07, 6.45) is 0.586. The van der Waals surface area contributed by atoms with Gasteiger partial charge in [0.2, 0.25) is 0 Å². The van der Waals surface area contributed by atoms with Gasteiger partial charge in [-0.1, -0.05) is 12.1 Å². The van der Waals surface area contributed by atoms with Crippen LogP contribution in [0.25, 0.3) is 0 Å². The van der Waals surface area contributed by atoms with E-state index in [9.17, 15) is 19.5 Å². The minimum atomic E-state index is -0.924. The minimum Gasteiger partial charge on any atom is -0.480 e. The summed E-state index contributed by atoms with van der Waals surface area (Å²) in [7, 11) is 0. The predicted octanol–water partition coefficient (Wildman–Crippen LogP) is -0.538. The van der Waals surface area contributed by atoms with Crippen LogP contribution in [0, 0.1) is 0 Å². The molecule has 0 radical (unpaired) electrons. The maximum Gasteiger partial charge on any atom is 0.317 e. The van der Waals surface area contributed by atoms with Crippen molar-refractivity contribution >= 4 is 24.6 Å². The normalized spacial score (nSPS) is 19.9. The molecule has 178 valence electrons. The van der Waals surface area contributed by atoms with E-state index in [1.807, 2.05) is 39.0 Å². The number of carbonyl (C=O) groups is 3. The molecule has 1 fully saturated rings. The second-order valence-corrected chi connectivity index (χ2v) is 7.56. The SMILES string of the molecule is Nc1ccc(CC2CN(COC=O)CCN(COC=O)CCOCCN2CC(=O)O)cc1. The molecule has 0 spiro atoms. The highest BCUT2D eigenvalue weighted by Crippen LogP contribution is 2.14. The van der Waals surface area contributed by atoms with E-state index in [0.29, 0.717) is 71.0 Å². The molecule has 11 nitrogen and oxygen atoms in total. The van der Waals surface area contributed by atoms with Crippen molar-refractivity contribution in [3.05, 3.63) is 29.8 Å². The number of hydrogen-bond acceptors (Lipinski definition) is 10. The Morgan fingerprint density at radius 3 is 2.31 bits per heavy atom. The molecule has 1 aliphatic heterocycles. The average Bonchev–Trinajstić information content (AvgIpc) is 2.77. The lowest BCUT2D eigenvalue weighted by atomic mass is 10.0. The molecule has 0 aromatic heterocycles. The molecular formula is C21H32N4O7. The first-order valence-electron chi connectivity index (χ1n) is 10.4. The number of nitrogens with two attached hydrogens (primary N) is 1. The summed E-state index contributed by atoms with van der Waals surface area (Å²) < 4.78 is 15.6. The van der Waals surface area contributed by atoms with Crippen molar-refractivity contribution in [2.45, 2.75) is 12.5 Å². The van der Waals surface area contributed by atoms with Crippen LogP contribution in [-0.4, -0.2) is 111 Å². The number of carboxylic acids is 1.